The Morgan fingerprint density at radius 3 is 2.59 bits per heavy atom. The molecule has 0 aliphatic rings. The molecule has 164 valence electrons. The summed E-state index contributed by atoms with van der Waals surface area (Å²) in [6, 6.07) is 13.7. The van der Waals surface area contributed by atoms with Gasteiger partial charge in [-0.3, -0.25) is 4.79 Å². The van der Waals surface area contributed by atoms with Crippen molar-refractivity contribution >= 4 is 33.0 Å². The molecule has 0 saturated carbocycles. The number of hydrogen-bond donors (Lipinski definition) is 0. The van der Waals surface area contributed by atoms with E-state index in [0.717, 1.165) is 16.6 Å². The molecule has 0 N–H and O–H groups in total. The molecule has 0 fully saturated rings. The molecule has 0 unspecified atom stereocenters. The van der Waals surface area contributed by atoms with Gasteiger partial charge in [0.1, 0.15) is 5.82 Å². The number of benzene rings is 2. The largest absolute Gasteiger partial charge is 0.416 e. The quantitative estimate of drug-likeness (QED) is 0.322. The molecule has 4 aromatic rings. The predicted octanol–water partition coefficient (Wildman–Crippen LogP) is 5.97. The molecule has 2 aromatic heterocycles. The maximum atomic E-state index is 13.1. The van der Waals surface area contributed by atoms with Crippen LogP contribution in [0.2, 0.25) is 0 Å². The average molecular weight is 503 g/mol. The number of alkyl halides is 3. The summed E-state index contributed by atoms with van der Waals surface area (Å²) in [5, 5.41) is 4.78. The highest BCUT2D eigenvalue weighted by atomic mass is 79.9. The zero-order chi connectivity index (χ0) is 23.0. The van der Waals surface area contributed by atoms with E-state index in [4.69, 9.17) is 0 Å². The highest BCUT2D eigenvalue weighted by Crippen LogP contribution is 2.30. The summed E-state index contributed by atoms with van der Waals surface area (Å²) in [6.45, 7) is 3.81. The van der Waals surface area contributed by atoms with Crippen LogP contribution in [0.4, 0.5) is 13.2 Å². The van der Waals surface area contributed by atoms with E-state index in [1.165, 1.54) is 17.0 Å². The Kier molecular flexibility index (Phi) is 5.77. The van der Waals surface area contributed by atoms with Crippen LogP contribution >= 0.6 is 15.9 Å². The van der Waals surface area contributed by atoms with Crippen molar-refractivity contribution in [1.29, 1.82) is 0 Å². The number of fused-ring (bicyclic) bond motifs is 1. The molecule has 0 atom stereocenters. The predicted molar refractivity (Wildman–Crippen MR) is 122 cm³/mol. The van der Waals surface area contributed by atoms with Gasteiger partial charge in [-0.2, -0.15) is 22.9 Å². The third-order valence-electron chi connectivity index (χ3n) is 4.89. The summed E-state index contributed by atoms with van der Waals surface area (Å²) in [5.41, 5.74) is 0.354. The summed E-state index contributed by atoms with van der Waals surface area (Å²) < 4.78 is 42.9. The first-order chi connectivity index (χ1) is 15.1. The molecule has 0 amide bonds. The normalized spacial score (nSPS) is 12.3. The molecule has 0 spiro atoms. The lowest BCUT2D eigenvalue weighted by Crippen LogP contribution is -2.23. The molecule has 0 saturated heterocycles. The van der Waals surface area contributed by atoms with Gasteiger partial charge in [0.25, 0.3) is 5.56 Å². The van der Waals surface area contributed by atoms with Gasteiger partial charge in [-0.25, -0.2) is 4.98 Å². The second-order valence-corrected chi connectivity index (χ2v) is 8.41. The van der Waals surface area contributed by atoms with Crippen molar-refractivity contribution in [3.8, 4) is 5.69 Å². The van der Waals surface area contributed by atoms with Crippen LogP contribution in [0.3, 0.4) is 0 Å². The minimum absolute atomic E-state index is 0.0804. The van der Waals surface area contributed by atoms with Crippen molar-refractivity contribution in [2.75, 3.05) is 0 Å². The molecule has 0 bridgehead atoms. The zero-order valence-corrected chi connectivity index (χ0v) is 18.7. The van der Waals surface area contributed by atoms with Crippen molar-refractivity contribution < 1.29 is 13.2 Å². The Bertz CT molecular complexity index is 1390. The van der Waals surface area contributed by atoms with Crippen LogP contribution < -0.4 is 5.56 Å². The summed E-state index contributed by atoms with van der Waals surface area (Å²) in [7, 11) is 0. The van der Waals surface area contributed by atoms with Crippen LogP contribution in [-0.4, -0.2) is 20.4 Å². The van der Waals surface area contributed by atoms with E-state index in [1.54, 1.807) is 41.1 Å². The van der Waals surface area contributed by atoms with Gasteiger partial charge < -0.3 is 4.57 Å². The molecular formula is C23H18BrF3N4O. The molecule has 5 nitrogen and oxygen atoms in total. The summed E-state index contributed by atoms with van der Waals surface area (Å²) in [5.74, 6) is 0.404. The molecule has 0 aliphatic carbocycles. The lowest BCUT2D eigenvalue weighted by molar-refractivity contribution is -0.137. The zero-order valence-electron chi connectivity index (χ0n) is 17.1. The molecule has 32 heavy (non-hydrogen) atoms. The van der Waals surface area contributed by atoms with Gasteiger partial charge in [-0.1, -0.05) is 35.8 Å². The van der Waals surface area contributed by atoms with E-state index < -0.39 is 11.7 Å². The van der Waals surface area contributed by atoms with Gasteiger partial charge >= 0.3 is 6.18 Å². The monoisotopic (exact) mass is 502 g/mol. The maximum absolute atomic E-state index is 13.1. The van der Waals surface area contributed by atoms with E-state index in [1.807, 2.05) is 19.9 Å². The van der Waals surface area contributed by atoms with Crippen molar-refractivity contribution in [3.63, 3.8) is 0 Å². The molecule has 9 heteroatoms. The van der Waals surface area contributed by atoms with Crippen LogP contribution in [0.15, 0.2) is 75.2 Å². The van der Waals surface area contributed by atoms with E-state index >= 15 is 0 Å². The van der Waals surface area contributed by atoms with Gasteiger partial charge in [0, 0.05) is 22.3 Å². The van der Waals surface area contributed by atoms with Gasteiger partial charge in [0.2, 0.25) is 0 Å². The lowest BCUT2D eigenvalue weighted by Gasteiger charge is -2.13. The number of aromatic nitrogens is 3. The average Bonchev–Trinajstić information content (AvgIpc) is 3.21. The highest BCUT2D eigenvalue weighted by Gasteiger charge is 2.30. The third kappa shape index (κ3) is 4.25. The van der Waals surface area contributed by atoms with E-state index in [-0.39, 0.29) is 11.5 Å². The van der Waals surface area contributed by atoms with Crippen molar-refractivity contribution in [3.05, 3.63) is 92.7 Å². The van der Waals surface area contributed by atoms with Crippen LogP contribution in [-0.2, 0) is 6.18 Å². The summed E-state index contributed by atoms with van der Waals surface area (Å²) >= 11 is 3.37. The van der Waals surface area contributed by atoms with Gasteiger partial charge in [0.15, 0.2) is 0 Å². The first-order valence-corrected chi connectivity index (χ1v) is 10.6. The van der Waals surface area contributed by atoms with Gasteiger partial charge in [0.05, 0.1) is 28.4 Å². The molecular weight excluding hydrogens is 485 g/mol. The Labute approximate surface area is 190 Å². The van der Waals surface area contributed by atoms with Gasteiger partial charge in [-0.05, 0) is 48.5 Å². The SMILES string of the molecule is CC(C)c1nc2ccc(Br)cc2c(=O)n1N=Cc1cccn1-c1cccc(C(F)(F)F)c1. The smallest absolute Gasteiger partial charge is 0.316 e. The summed E-state index contributed by atoms with van der Waals surface area (Å²) in [6.07, 6.45) is -1.36. The fraction of sp³-hybridized carbons (Fsp3) is 0.174. The molecule has 4 rings (SSSR count). The Balaban J connectivity index is 1.81. The molecule has 0 aliphatic heterocycles. The second-order valence-electron chi connectivity index (χ2n) is 7.50. The standard InChI is InChI=1S/C23H18BrF3N4O/c1-14(2)21-29-20-9-8-16(24)12-19(20)22(32)31(21)28-13-18-7-4-10-30(18)17-6-3-5-15(11-17)23(25,26)27/h3-14H,1-2H3. The van der Waals surface area contributed by atoms with Gasteiger partial charge in [-0.15, -0.1) is 0 Å². The Morgan fingerprint density at radius 2 is 1.88 bits per heavy atom. The first-order valence-electron chi connectivity index (χ1n) is 9.76. The van der Waals surface area contributed by atoms with Crippen molar-refractivity contribution in [2.24, 2.45) is 5.10 Å². The Morgan fingerprint density at radius 1 is 1.09 bits per heavy atom. The lowest BCUT2D eigenvalue weighted by atomic mass is 10.2. The van der Waals surface area contributed by atoms with Crippen molar-refractivity contribution in [1.82, 2.24) is 14.2 Å². The number of hydrogen-bond acceptors (Lipinski definition) is 3. The van der Waals surface area contributed by atoms with E-state index in [0.29, 0.717) is 28.1 Å². The maximum Gasteiger partial charge on any atom is 0.416 e. The minimum atomic E-state index is -4.44. The van der Waals surface area contributed by atoms with Crippen LogP contribution in [0.25, 0.3) is 16.6 Å². The van der Waals surface area contributed by atoms with Crippen LogP contribution in [0.1, 0.15) is 36.8 Å². The van der Waals surface area contributed by atoms with Crippen LogP contribution in [0.5, 0.6) is 0 Å². The molecule has 0 radical (unpaired) electrons. The number of rotatable bonds is 4. The van der Waals surface area contributed by atoms with Crippen LogP contribution in [0, 0.1) is 0 Å². The topological polar surface area (TPSA) is 52.2 Å². The number of nitrogens with zero attached hydrogens (tertiary/aromatic N) is 4. The summed E-state index contributed by atoms with van der Waals surface area (Å²) in [4.78, 5) is 17.7. The Hall–Kier alpha value is -3.20. The fourth-order valence-electron chi connectivity index (χ4n) is 3.33. The molecule has 2 heterocycles. The van der Waals surface area contributed by atoms with E-state index in [2.05, 4.69) is 26.0 Å². The van der Waals surface area contributed by atoms with Crippen molar-refractivity contribution in [2.45, 2.75) is 25.9 Å². The molecule has 2 aromatic carbocycles. The third-order valence-corrected chi connectivity index (χ3v) is 5.38. The van der Waals surface area contributed by atoms with E-state index in [9.17, 15) is 18.0 Å². The number of halogens is 4. The first kappa shape index (κ1) is 22.0. The highest BCUT2D eigenvalue weighted by molar-refractivity contribution is 9.10. The fourth-order valence-corrected chi connectivity index (χ4v) is 3.70. The minimum Gasteiger partial charge on any atom is -0.316 e. The second kappa shape index (κ2) is 8.38.